The monoisotopic (exact) mass is 464 g/mol. The van der Waals surface area contributed by atoms with E-state index in [0.29, 0.717) is 6.42 Å². The fraction of sp³-hybridized carbons (Fsp3) is 0.448. The fourth-order valence-corrected chi connectivity index (χ4v) is 3.96. The van der Waals surface area contributed by atoms with Crippen molar-refractivity contribution in [3.8, 4) is 0 Å². The van der Waals surface area contributed by atoms with E-state index < -0.39 is 12.0 Å². The van der Waals surface area contributed by atoms with Crippen molar-refractivity contribution in [2.45, 2.75) is 83.6 Å². The number of nitrogens with zero attached hydrogens (tertiary/aromatic N) is 1. The molecule has 1 heterocycles. The number of para-hydroxylation sites is 1. The molecule has 0 aliphatic carbocycles. The highest BCUT2D eigenvalue weighted by Crippen LogP contribution is 2.23. The van der Waals surface area contributed by atoms with Crippen LogP contribution in [0.2, 0.25) is 0 Å². The minimum absolute atomic E-state index is 0.0486. The van der Waals surface area contributed by atoms with E-state index in [1.54, 1.807) is 10.8 Å². The molecule has 0 saturated carbocycles. The number of allylic oxidation sites excluding steroid dienone is 6. The topological polar surface area (TPSA) is 85.3 Å². The highest BCUT2D eigenvalue weighted by molar-refractivity contribution is 5.94. The maximum Gasteiger partial charge on any atom is 0.320 e. The normalized spacial score (nSPS) is 13.0. The number of hydrogen-bond donors (Lipinski definition) is 2. The van der Waals surface area contributed by atoms with E-state index in [-0.39, 0.29) is 12.3 Å². The highest BCUT2D eigenvalue weighted by Gasteiger charge is 2.18. The first-order valence-corrected chi connectivity index (χ1v) is 12.6. The summed E-state index contributed by atoms with van der Waals surface area (Å²) in [5.74, 6) is -0.988. The fourth-order valence-electron chi connectivity index (χ4n) is 3.96. The standard InChI is InChI=1S/C29H40N2O3/c1-2-3-4-5-6-7-8-9-10-11-12-13-14-15-16-21-28(32)31-23-24(22-26(30)29(33)34)25-19-17-18-20-27(25)31/h3-4,6-7,9-10,17-20,23,26H,2,5,8,11-16,21-22,30H2,1H3,(H,33,34)/b4-3+,7-6+,10-9+. The average molecular weight is 465 g/mol. The molecule has 1 unspecified atom stereocenters. The van der Waals surface area contributed by atoms with Gasteiger partial charge in [-0.05, 0) is 50.2 Å². The molecule has 5 nitrogen and oxygen atoms in total. The number of unbranched alkanes of at least 4 members (excludes halogenated alkanes) is 5. The van der Waals surface area contributed by atoms with Gasteiger partial charge in [0, 0.05) is 24.4 Å². The molecule has 0 aliphatic rings. The number of hydrogen-bond acceptors (Lipinski definition) is 3. The number of carbonyl (C=O) groups excluding carboxylic acids is 1. The summed E-state index contributed by atoms with van der Waals surface area (Å²) in [5.41, 5.74) is 7.34. The molecular weight excluding hydrogens is 424 g/mol. The van der Waals surface area contributed by atoms with Gasteiger partial charge in [0.25, 0.3) is 0 Å². The Morgan fingerprint density at radius 3 is 2.32 bits per heavy atom. The number of aromatic nitrogens is 1. The summed E-state index contributed by atoms with van der Waals surface area (Å²) in [7, 11) is 0. The molecule has 0 amide bonds. The van der Waals surface area contributed by atoms with Crippen LogP contribution < -0.4 is 5.73 Å². The van der Waals surface area contributed by atoms with Gasteiger partial charge in [-0.1, -0.05) is 80.8 Å². The first-order valence-electron chi connectivity index (χ1n) is 12.6. The van der Waals surface area contributed by atoms with Crippen LogP contribution in [0, 0.1) is 0 Å². The van der Waals surface area contributed by atoms with Crippen LogP contribution in [-0.2, 0) is 11.2 Å². The van der Waals surface area contributed by atoms with Crippen LogP contribution >= 0.6 is 0 Å². The number of aliphatic carboxylic acids is 1. The van der Waals surface area contributed by atoms with Crippen molar-refractivity contribution in [1.29, 1.82) is 0 Å². The minimum Gasteiger partial charge on any atom is -0.480 e. The maximum atomic E-state index is 12.8. The number of fused-ring (bicyclic) bond motifs is 1. The lowest BCUT2D eigenvalue weighted by molar-refractivity contribution is -0.138. The van der Waals surface area contributed by atoms with E-state index in [1.165, 1.54) is 12.8 Å². The zero-order valence-corrected chi connectivity index (χ0v) is 20.5. The molecule has 1 aromatic heterocycles. The van der Waals surface area contributed by atoms with Gasteiger partial charge in [-0.15, -0.1) is 0 Å². The van der Waals surface area contributed by atoms with Crippen molar-refractivity contribution >= 4 is 22.8 Å². The lowest BCUT2D eigenvalue weighted by atomic mass is 10.1. The minimum atomic E-state index is -1.04. The molecule has 1 atom stereocenters. The second-order valence-corrected chi connectivity index (χ2v) is 8.68. The van der Waals surface area contributed by atoms with Crippen LogP contribution in [-0.4, -0.2) is 27.6 Å². The molecule has 3 N–H and O–H groups in total. The van der Waals surface area contributed by atoms with E-state index in [9.17, 15) is 9.59 Å². The molecule has 34 heavy (non-hydrogen) atoms. The second-order valence-electron chi connectivity index (χ2n) is 8.68. The van der Waals surface area contributed by atoms with Crippen molar-refractivity contribution in [3.05, 3.63) is 72.5 Å². The summed E-state index contributed by atoms with van der Waals surface area (Å²) >= 11 is 0. The van der Waals surface area contributed by atoms with Gasteiger partial charge < -0.3 is 10.8 Å². The molecule has 2 rings (SSSR count). The van der Waals surface area contributed by atoms with Crippen LogP contribution in [0.3, 0.4) is 0 Å². The van der Waals surface area contributed by atoms with Gasteiger partial charge in [0.1, 0.15) is 6.04 Å². The number of nitrogens with two attached hydrogens (primary N) is 1. The molecule has 0 bridgehead atoms. The largest absolute Gasteiger partial charge is 0.480 e. The second kappa shape index (κ2) is 15.8. The zero-order valence-electron chi connectivity index (χ0n) is 20.5. The number of benzene rings is 1. The van der Waals surface area contributed by atoms with E-state index >= 15 is 0 Å². The summed E-state index contributed by atoms with van der Waals surface area (Å²) in [4.78, 5) is 24.0. The third-order valence-corrected chi connectivity index (χ3v) is 5.86. The lowest BCUT2D eigenvalue weighted by Gasteiger charge is -2.05. The van der Waals surface area contributed by atoms with Crippen LogP contribution in [0.15, 0.2) is 66.9 Å². The summed E-state index contributed by atoms with van der Waals surface area (Å²) < 4.78 is 1.67. The van der Waals surface area contributed by atoms with Gasteiger partial charge >= 0.3 is 5.97 Å². The van der Waals surface area contributed by atoms with Crippen molar-refractivity contribution in [2.24, 2.45) is 5.73 Å². The van der Waals surface area contributed by atoms with Gasteiger partial charge in [-0.25, -0.2) is 0 Å². The van der Waals surface area contributed by atoms with Gasteiger partial charge in [0.15, 0.2) is 0 Å². The summed E-state index contributed by atoms with van der Waals surface area (Å²) in [6.07, 6.45) is 25.4. The molecule has 0 radical (unpaired) electrons. The van der Waals surface area contributed by atoms with E-state index in [2.05, 4.69) is 43.4 Å². The van der Waals surface area contributed by atoms with Crippen LogP contribution in [0.5, 0.6) is 0 Å². The lowest BCUT2D eigenvalue weighted by Crippen LogP contribution is -2.32. The Hall–Kier alpha value is -2.92. The van der Waals surface area contributed by atoms with Gasteiger partial charge in [0.05, 0.1) is 5.52 Å². The highest BCUT2D eigenvalue weighted by atomic mass is 16.4. The number of carbonyl (C=O) groups is 2. The number of carboxylic acid groups (broad SMARTS) is 1. The zero-order chi connectivity index (χ0) is 24.6. The molecule has 2 aromatic rings. The Bertz CT molecular complexity index is 984. The Morgan fingerprint density at radius 2 is 1.59 bits per heavy atom. The average Bonchev–Trinajstić information content (AvgIpc) is 3.20. The Kier molecular flexibility index (Phi) is 12.7. The van der Waals surface area contributed by atoms with Gasteiger partial charge in [-0.3, -0.25) is 14.2 Å². The summed E-state index contributed by atoms with van der Waals surface area (Å²) in [5, 5.41) is 10.0. The van der Waals surface area contributed by atoms with Crippen molar-refractivity contribution in [3.63, 3.8) is 0 Å². The van der Waals surface area contributed by atoms with Crippen LogP contribution in [0.1, 0.15) is 81.5 Å². The van der Waals surface area contributed by atoms with E-state index in [1.807, 2.05) is 24.3 Å². The smallest absolute Gasteiger partial charge is 0.320 e. The SMILES string of the molecule is CC/C=C/C/C=C/C/C=C/CCCCCCCC(=O)n1cc(CC(N)C(=O)O)c2ccccc21. The van der Waals surface area contributed by atoms with Crippen LogP contribution in [0.4, 0.5) is 0 Å². The molecule has 5 heteroatoms. The first kappa shape index (κ1) is 27.3. The van der Waals surface area contributed by atoms with E-state index in [4.69, 9.17) is 10.8 Å². The van der Waals surface area contributed by atoms with E-state index in [0.717, 1.165) is 61.4 Å². The quantitative estimate of drug-likeness (QED) is 0.211. The molecule has 0 aliphatic heterocycles. The van der Waals surface area contributed by atoms with Crippen molar-refractivity contribution in [1.82, 2.24) is 4.57 Å². The molecule has 184 valence electrons. The van der Waals surface area contributed by atoms with Crippen molar-refractivity contribution in [2.75, 3.05) is 0 Å². The molecule has 0 fully saturated rings. The predicted molar refractivity (Wildman–Crippen MR) is 141 cm³/mol. The molecule has 1 aromatic carbocycles. The molecule has 0 spiro atoms. The number of carboxylic acids is 1. The molecule has 0 saturated heterocycles. The maximum absolute atomic E-state index is 12.8. The molecular formula is C29H40N2O3. The Morgan fingerprint density at radius 1 is 0.941 bits per heavy atom. The number of rotatable bonds is 16. The summed E-state index contributed by atoms with van der Waals surface area (Å²) in [6, 6.07) is 6.62. The van der Waals surface area contributed by atoms with Gasteiger partial charge in [-0.2, -0.15) is 0 Å². The first-order chi connectivity index (χ1) is 16.5. The Balaban J connectivity index is 1.67. The van der Waals surface area contributed by atoms with Crippen molar-refractivity contribution < 1.29 is 14.7 Å². The predicted octanol–water partition coefficient (Wildman–Crippen LogP) is 6.83. The van der Waals surface area contributed by atoms with Crippen LogP contribution in [0.25, 0.3) is 10.9 Å². The van der Waals surface area contributed by atoms with Gasteiger partial charge in [0.2, 0.25) is 5.91 Å². The third-order valence-electron chi connectivity index (χ3n) is 5.86. The summed E-state index contributed by atoms with van der Waals surface area (Å²) in [6.45, 7) is 2.15. The Labute approximate surface area is 204 Å². The third kappa shape index (κ3) is 9.52.